The SMILES string of the molecule is O=C(c1csc(Cc2ccccc2F)n1)N1CC(=O)N(C2CC2)C1. The number of aromatic nitrogens is 1. The van der Waals surface area contributed by atoms with Crippen LogP contribution in [0.25, 0.3) is 0 Å². The molecule has 7 heteroatoms. The second kappa shape index (κ2) is 5.98. The van der Waals surface area contributed by atoms with Gasteiger partial charge in [-0.2, -0.15) is 0 Å². The van der Waals surface area contributed by atoms with Crippen LogP contribution in [0, 0.1) is 5.82 Å². The van der Waals surface area contributed by atoms with Crippen molar-refractivity contribution in [2.75, 3.05) is 13.2 Å². The molecule has 4 rings (SSSR count). The Labute approximate surface area is 142 Å². The summed E-state index contributed by atoms with van der Waals surface area (Å²) in [6.45, 7) is 0.470. The van der Waals surface area contributed by atoms with E-state index in [4.69, 9.17) is 0 Å². The third kappa shape index (κ3) is 2.91. The zero-order valence-electron chi connectivity index (χ0n) is 12.9. The Kier molecular flexibility index (Phi) is 3.80. The Morgan fingerprint density at radius 3 is 2.88 bits per heavy atom. The molecule has 1 aliphatic carbocycles. The van der Waals surface area contributed by atoms with Gasteiger partial charge in [0.05, 0.1) is 11.7 Å². The number of carbonyl (C=O) groups excluding carboxylic acids is 2. The van der Waals surface area contributed by atoms with Crippen molar-refractivity contribution in [3.05, 3.63) is 51.7 Å². The summed E-state index contributed by atoms with van der Waals surface area (Å²) in [5, 5.41) is 2.37. The molecule has 0 spiro atoms. The molecule has 0 radical (unpaired) electrons. The van der Waals surface area contributed by atoms with E-state index in [9.17, 15) is 14.0 Å². The van der Waals surface area contributed by atoms with E-state index in [1.54, 1.807) is 28.5 Å². The molecular weight excluding hydrogens is 329 g/mol. The topological polar surface area (TPSA) is 53.5 Å². The predicted molar refractivity (Wildman–Crippen MR) is 87.1 cm³/mol. The van der Waals surface area contributed by atoms with E-state index in [2.05, 4.69) is 4.98 Å². The quantitative estimate of drug-likeness (QED) is 0.854. The summed E-state index contributed by atoms with van der Waals surface area (Å²) in [6, 6.07) is 6.86. The van der Waals surface area contributed by atoms with E-state index in [-0.39, 0.29) is 24.2 Å². The summed E-state index contributed by atoms with van der Waals surface area (Å²) in [5.41, 5.74) is 0.888. The molecule has 2 aromatic rings. The van der Waals surface area contributed by atoms with E-state index >= 15 is 0 Å². The van der Waals surface area contributed by atoms with Crippen molar-refractivity contribution in [2.24, 2.45) is 0 Å². The number of nitrogens with zero attached hydrogens (tertiary/aromatic N) is 3. The van der Waals surface area contributed by atoms with Crippen LogP contribution in [0.2, 0.25) is 0 Å². The maximum absolute atomic E-state index is 13.7. The van der Waals surface area contributed by atoms with Crippen LogP contribution in [-0.2, 0) is 11.2 Å². The average Bonchev–Trinajstić information content (AvgIpc) is 3.18. The third-order valence-electron chi connectivity index (χ3n) is 4.31. The van der Waals surface area contributed by atoms with E-state index in [0.29, 0.717) is 35.4 Å². The highest BCUT2D eigenvalue weighted by atomic mass is 32.1. The van der Waals surface area contributed by atoms with Crippen LogP contribution in [-0.4, -0.2) is 45.9 Å². The summed E-state index contributed by atoms with van der Waals surface area (Å²) in [7, 11) is 0. The number of amides is 2. The third-order valence-corrected chi connectivity index (χ3v) is 5.16. The van der Waals surface area contributed by atoms with Gasteiger partial charge in [-0.1, -0.05) is 18.2 Å². The minimum absolute atomic E-state index is 0.00709. The fourth-order valence-corrected chi connectivity index (χ4v) is 3.66. The van der Waals surface area contributed by atoms with Crippen LogP contribution < -0.4 is 0 Å². The van der Waals surface area contributed by atoms with E-state index in [1.807, 2.05) is 0 Å². The van der Waals surface area contributed by atoms with Crippen LogP contribution in [0.5, 0.6) is 0 Å². The molecule has 5 nitrogen and oxygen atoms in total. The van der Waals surface area contributed by atoms with Crippen molar-refractivity contribution in [1.82, 2.24) is 14.8 Å². The summed E-state index contributed by atoms with van der Waals surface area (Å²) in [6.07, 6.45) is 2.41. The summed E-state index contributed by atoms with van der Waals surface area (Å²) < 4.78 is 13.7. The highest BCUT2D eigenvalue weighted by Crippen LogP contribution is 2.30. The lowest BCUT2D eigenvalue weighted by atomic mass is 10.1. The van der Waals surface area contributed by atoms with Crippen molar-refractivity contribution in [3.8, 4) is 0 Å². The van der Waals surface area contributed by atoms with Gasteiger partial charge in [-0.15, -0.1) is 11.3 Å². The van der Waals surface area contributed by atoms with Gasteiger partial charge in [0.15, 0.2) is 0 Å². The number of halogens is 1. The zero-order valence-corrected chi connectivity index (χ0v) is 13.8. The van der Waals surface area contributed by atoms with E-state index in [0.717, 1.165) is 12.8 Å². The fourth-order valence-electron chi connectivity index (χ4n) is 2.87. The van der Waals surface area contributed by atoms with Crippen molar-refractivity contribution >= 4 is 23.2 Å². The van der Waals surface area contributed by atoms with Gasteiger partial charge >= 0.3 is 0 Å². The molecule has 24 heavy (non-hydrogen) atoms. The van der Waals surface area contributed by atoms with Crippen LogP contribution in [0.1, 0.15) is 33.9 Å². The summed E-state index contributed by atoms with van der Waals surface area (Å²) >= 11 is 1.34. The minimum atomic E-state index is -0.272. The monoisotopic (exact) mass is 345 g/mol. The lowest BCUT2D eigenvalue weighted by Gasteiger charge is -2.16. The molecule has 1 saturated carbocycles. The molecular formula is C17H16FN3O2S. The number of thiazole rings is 1. The molecule has 1 aromatic heterocycles. The second-order valence-corrected chi connectivity index (χ2v) is 7.08. The maximum atomic E-state index is 13.7. The molecule has 0 unspecified atom stereocenters. The Hall–Kier alpha value is -2.28. The van der Waals surface area contributed by atoms with Crippen molar-refractivity contribution < 1.29 is 14.0 Å². The Balaban J connectivity index is 1.45. The van der Waals surface area contributed by atoms with Crippen LogP contribution >= 0.6 is 11.3 Å². The van der Waals surface area contributed by atoms with Gasteiger partial charge in [0.2, 0.25) is 5.91 Å². The largest absolute Gasteiger partial charge is 0.320 e. The standard InChI is InChI=1S/C17H16FN3O2S/c18-13-4-2-1-3-11(13)7-15-19-14(9-24-15)17(23)20-8-16(22)21(10-20)12-5-6-12/h1-4,9,12H,5-8,10H2. The predicted octanol–water partition coefficient (Wildman–Crippen LogP) is 2.28. The van der Waals surface area contributed by atoms with Crippen molar-refractivity contribution in [1.29, 1.82) is 0 Å². The highest BCUT2D eigenvalue weighted by molar-refractivity contribution is 7.09. The summed E-state index contributed by atoms with van der Waals surface area (Å²) in [5.74, 6) is -0.499. The molecule has 0 N–H and O–H groups in total. The Bertz CT molecular complexity index is 803. The normalized spacial score (nSPS) is 17.6. The smallest absolute Gasteiger partial charge is 0.275 e. The van der Waals surface area contributed by atoms with E-state index in [1.165, 1.54) is 22.3 Å². The lowest BCUT2D eigenvalue weighted by molar-refractivity contribution is -0.127. The van der Waals surface area contributed by atoms with Gasteiger partial charge in [0.1, 0.15) is 18.1 Å². The van der Waals surface area contributed by atoms with Gasteiger partial charge in [0, 0.05) is 17.8 Å². The maximum Gasteiger partial charge on any atom is 0.275 e. The molecule has 0 bridgehead atoms. The number of benzene rings is 1. The first kappa shape index (κ1) is 15.3. The van der Waals surface area contributed by atoms with Crippen molar-refractivity contribution in [3.63, 3.8) is 0 Å². The molecule has 2 aliphatic rings. The Morgan fingerprint density at radius 1 is 1.33 bits per heavy atom. The Morgan fingerprint density at radius 2 is 2.12 bits per heavy atom. The number of hydrogen-bond donors (Lipinski definition) is 0. The fraction of sp³-hybridized carbons (Fsp3) is 0.353. The van der Waals surface area contributed by atoms with Gasteiger partial charge in [-0.05, 0) is 24.5 Å². The average molecular weight is 345 g/mol. The number of rotatable bonds is 4. The molecule has 2 fully saturated rings. The molecule has 1 aromatic carbocycles. The van der Waals surface area contributed by atoms with Gasteiger partial charge in [-0.25, -0.2) is 9.37 Å². The lowest BCUT2D eigenvalue weighted by Crippen LogP contribution is -2.32. The molecule has 124 valence electrons. The first-order valence-electron chi connectivity index (χ1n) is 7.88. The first-order chi connectivity index (χ1) is 11.6. The molecule has 2 heterocycles. The number of carbonyl (C=O) groups is 2. The summed E-state index contributed by atoms with van der Waals surface area (Å²) in [4.78, 5) is 32.1. The molecule has 0 atom stereocenters. The zero-order chi connectivity index (χ0) is 16.7. The highest BCUT2D eigenvalue weighted by Gasteiger charge is 2.40. The number of hydrogen-bond acceptors (Lipinski definition) is 4. The molecule has 2 amide bonds. The van der Waals surface area contributed by atoms with E-state index < -0.39 is 0 Å². The van der Waals surface area contributed by atoms with Crippen molar-refractivity contribution in [2.45, 2.75) is 25.3 Å². The molecule has 1 saturated heterocycles. The first-order valence-corrected chi connectivity index (χ1v) is 8.76. The van der Waals surface area contributed by atoms with Crippen LogP contribution in [0.15, 0.2) is 29.6 Å². The second-order valence-electron chi connectivity index (χ2n) is 6.13. The van der Waals surface area contributed by atoms with Gasteiger partial charge in [0.25, 0.3) is 5.91 Å². The van der Waals surface area contributed by atoms with Gasteiger partial charge < -0.3 is 9.80 Å². The van der Waals surface area contributed by atoms with Gasteiger partial charge in [-0.3, -0.25) is 9.59 Å². The van der Waals surface area contributed by atoms with Crippen LogP contribution in [0.3, 0.4) is 0 Å². The minimum Gasteiger partial charge on any atom is -0.320 e. The van der Waals surface area contributed by atoms with Crippen LogP contribution in [0.4, 0.5) is 4.39 Å². The molecule has 1 aliphatic heterocycles.